The van der Waals surface area contributed by atoms with Gasteiger partial charge < -0.3 is 27.9 Å². The third-order valence-electron chi connectivity index (χ3n) is 8.29. The van der Waals surface area contributed by atoms with Crippen molar-refractivity contribution in [3.05, 3.63) is 12.2 Å². The molecule has 0 rings (SSSR count). The molecule has 0 aromatic heterocycles. The van der Waals surface area contributed by atoms with Crippen LogP contribution in [0.15, 0.2) is 12.2 Å². The predicted molar refractivity (Wildman–Crippen MR) is 195 cm³/mol. The van der Waals surface area contributed by atoms with Crippen molar-refractivity contribution in [1.29, 1.82) is 0 Å². The van der Waals surface area contributed by atoms with Gasteiger partial charge in [-0.15, -0.1) is 0 Å². The summed E-state index contributed by atoms with van der Waals surface area (Å²) < 4.78 is 33.6. The SMILES string of the molecule is CCCCCCCC/C=C\CCCCCCCCCCCC(=O)OC(COC(=O)CCCCCCC)COP(=O)([O-])OCC[N+](C)(C)C. The number of rotatable bonds is 35. The largest absolute Gasteiger partial charge is 0.756 e. The third kappa shape index (κ3) is 34.6. The number of ether oxygens (including phenoxy) is 2. The van der Waals surface area contributed by atoms with Crippen molar-refractivity contribution in [1.82, 2.24) is 0 Å². The molecule has 0 amide bonds. The van der Waals surface area contributed by atoms with Gasteiger partial charge in [0.25, 0.3) is 7.82 Å². The summed E-state index contributed by atoms with van der Waals surface area (Å²) in [6.45, 7) is 4.12. The summed E-state index contributed by atoms with van der Waals surface area (Å²) >= 11 is 0. The summed E-state index contributed by atoms with van der Waals surface area (Å²) in [7, 11) is 1.17. The fraction of sp³-hybridized carbons (Fsp3) is 0.895. The number of quaternary nitrogens is 1. The van der Waals surface area contributed by atoms with Crippen molar-refractivity contribution >= 4 is 19.8 Å². The smallest absolute Gasteiger partial charge is 0.306 e. The molecule has 0 radical (unpaired) electrons. The predicted octanol–water partition coefficient (Wildman–Crippen LogP) is 9.61. The average molecular weight is 704 g/mol. The van der Waals surface area contributed by atoms with Crippen LogP contribution in [0.25, 0.3) is 0 Å². The lowest BCUT2D eigenvalue weighted by molar-refractivity contribution is -0.870. The van der Waals surface area contributed by atoms with Crippen LogP contribution in [0.5, 0.6) is 0 Å². The first-order valence-corrected chi connectivity index (χ1v) is 20.9. The Morgan fingerprint density at radius 2 is 1.06 bits per heavy atom. The molecule has 284 valence electrons. The minimum Gasteiger partial charge on any atom is -0.756 e. The van der Waals surface area contributed by atoms with Gasteiger partial charge in [0, 0.05) is 12.8 Å². The number of carbonyl (C=O) groups excluding carboxylic acids is 2. The molecule has 0 saturated carbocycles. The second kappa shape index (κ2) is 31.7. The topological polar surface area (TPSA) is 111 Å². The van der Waals surface area contributed by atoms with Gasteiger partial charge in [0.1, 0.15) is 19.8 Å². The van der Waals surface area contributed by atoms with Gasteiger partial charge in [0.05, 0.1) is 27.7 Å². The number of likely N-dealkylation sites (N-methyl/N-ethyl adjacent to an activating group) is 1. The second-order valence-corrected chi connectivity index (χ2v) is 15.7. The van der Waals surface area contributed by atoms with E-state index in [-0.39, 0.29) is 26.1 Å². The quantitative estimate of drug-likeness (QED) is 0.0211. The number of allylic oxidation sites excluding steroid dienone is 2. The normalized spacial score (nSPS) is 13.9. The number of unbranched alkanes of at least 4 members (excludes halogenated alkanes) is 19. The molecule has 2 unspecified atom stereocenters. The molecule has 0 spiro atoms. The highest BCUT2D eigenvalue weighted by molar-refractivity contribution is 7.45. The fourth-order valence-electron chi connectivity index (χ4n) is 5.18. The lowest BCUT2D eigenvalue weighted by Gasteiger charge is -2.28. The zero-order chi connectivity index (χ0) is 35.8. The van der Waals surface area contributed by atoms with Crippen LogP contribution in [0, 0.1) is 0 Å². The first kappa shape index (κ1) is 46.8. The van der Waals surface area contributed by atoms with E-state index in [4.69, 9.17) is 18.5 Å². The molecule has 0 fully saturated rings. The second-order valence-electron chi connectivity index (χ2n) is 14.3. The van der Waals surface area contributed by atoms with E-state index in [1.54, 1.807) is 0 Å². The van der Waals surface area contributed by atoms with Crippen LogP contribution < -0.4 is 4.89 Å². The summed E-state index contributed by atoms with van der Waals surface area (Å²) in [5, 5.41) is 0. The third-order valence-corrected chi connectivity index (χ3v) is 9.25. The minimum atomic E-state index is -4.60. The Morgan fingerprint density at radius 3 is 1.54 bits per heavy atom. The summed E-state index contributed by atoms with van der Waals surface area (Å²) in [5.74, 6) is -0.848. The molecule has 0 aromatic rings. The molecule has 0 aliphatic carbocycles. The maximum absolute atomic E-state index is 12.6. The van der Waals surface area contributed by atoms with Gasteiger partial charge in [-0.1, -0.05) is 129 Å². The van der Waals surface area contributed by atoms with Crippen molar-refractivity contribution in [3.63, 3.8) is 0 Å². The molecule has 0 bridgehead atoms. The van der Waals surface area contributed by atoms with Gasteiger partial charge in [0.15, 0.2) is 6.10 Å². The lowest BCUT2D eigenvalue weighted by Crippen LogP contribution is -2.37. The Hall–Kier alpha value is -1.25. The van der Waals surface area contributed by atoms with Crippen molar-refractivity contribution in [3.8, 4) is 0 Å². The fourth-order valence-corrected chi connectivity index (χ4v) is 5.91. The first-order chi connectivity index (χ1) is 23.0. The highest BCUT2D eigenvalue weighted by Crippen LogP contribution is 2.38. The number of nitrogens with zero attached hydrogens (tertiary/aromatic N) is 1. The van der Waals surface area contributed by atoms with Crippen LogP contribution in [-0.4, -0.2) is 70.0 Å². The van der Waals surface area contributed by atoms with Crippen LogP contribution in [0.1, 0.15) is 168 Å². The molecule has 0 saturated heterocycles. The Bertz CT molecular complexity index is 845. The number of phosphoric acid groups is 1. The Morgan fingerprint density at radius 1 is 0.625 bits per heavy atom. The number of esters is 2. The highest BCUT2D eigenvalue weighted by atomic mass is 31.2. The van der Waals surface area contributed by atoms with Crippen molar-refractivity contribution in [2.75, 3.05) is 47.5 Å². The molecule has 9 nitrogen and oxygen atoms in total. The van der Waals surface area contributed by atoms with Gasteiger partial charge in [0.2, 0.25) is 0 Å². The van der Waals surface area contributed by atoms with Gasteiger partial charge >= 0.3 is 11.9 Å². The Balaban J connectivity index is 4.22. The van der Waals surface area contributed by atoms with E-state index in [1.807, 2.05) is 21.1 Å². The molecule has 0 N–H and O–H groups in total. The number of carbonyl (C=O) groups is 2. The standard InChI is InChI=1S/C38H74NO8P/c1-6-8-10-12-13-14-15-16-17-18-19-20-21-22-23-24-25-27-29-31-38(41)47-36(34-44-37(40)30-28-26-11-9-7-2)35-46-48(42,43)45-33-32-39(3,4)5/h16-17,36H,6-15,18-35H2,1-5H3/b17-16-. The van der Waals surface area contributed by atoms with Crippen molar-refractivity contribution in [2.24, 2.45) is 0 Å². The van der Waals surface area contributed by atoms with E-state index in [0.29, 0.717) is 17.4 Å². The van der Waals surface area contributed by atoms with Crippen LogP contribution in [0.3, 0.4) is 0 Å². The molecule has 2 atom stereocenters. The van der Waals surface area contributed by atoms with Crippen LogP contribution in [-0.2, 0) is 32.7 Å². The van der Waals surface area contributed by atoms with Crippen LogP contribution >= 0.6 is 7.82 Å². The Kier molecular flexibility index (Phi) is 30.9. The van der Waals surface area contributed by atoms with Crippen molar-refractivity contribution < 1.29 is 42.1 Å². The molecular formula is C38H74NO8P. The molecule has 48 heavy (non-hydrogen) atoms. The molecule has 0 heterocycles. The van der Waals surface area contributed by atoms with Crippen molar-refractivity contribution in [2.45, 2.75) is 174 Å². The monoisotopic (exact) mass is 704 g/mol. The molecule has 0 aliphatic rings. The van der Waals surface area contributed by atoms with Gasteiger partial charge in [-0.3, -0.25) is 14.2 Å². The maximum Gasteiger partial charge on any atom is 0.306 e. The highest BCUT2D eigenvalue weighted by Gasteiger charge is 2.21. The van der Waals surface area contributed by atoms with E-state index in [1.165, 1.54) is 83.5 Å². The summed E-state index contributed by atoms with van der Waals surface area (Å²) in [6.07, 6.45) is 30.0. The number of hydrogen-bond acceptors (Lipinski definition) is 8. The van der Waals surface area contributed by atoms with Gasteiger partial charge in [-0.2, -0.15) is 0 Å². The van der Waals surface area contributed by atoms with E-state index in [2.05, 4.69) is 26.0 Å². The van der Waals surface area contributed by atoms with Gasteiger partial charge in [-0.25, -0.2) is 0 Å². The van der Waals surface area contributed by atoms with E-state index >= 15 is 0 Å². The summed E-state index contributed by atoms with van der Waals surface area (Å²) in [4.78, 5) is 37.0. The summed E-state index contributed by atoms with van der Waals surface area (Å²) in [5.41, 5.74) is 0. The molecule has 0 aliphatic heterocycles. The van der Waals surface area contributed by atoms with Crippen LogP contribution in [0.4, 0.5) is 0 Å². The number of phosphoric ester groups is 1. The zero-order valence-corrected chi connectivity index (χ0v) is 32.6. The molecule has 0 aromatic carbocycles. The Labute approximate surface area is 295 Å². The minimum absolute atomic E-state index is 0.0290. The maximum atomic E-state index is 12.6. The first-order valence-electron chi connectivity index (χ1n) is 19.4. The van der Waals surface area contributed by atoms with E-state index in [0.717, 1.165) is 51.4 Å². The molecule has 10 heteroatoms. The zero-order valence-electron chi connectivity index (χ0n) is 31.7. The molecular weight excluding hydrogens is 629 g/mol. The van der Waals surface area contributed by atoms with E-state index in [9.17, 15) is 19.0 Å². The summed E-state index contributed by atoms with van der Waals surface area (Å²) in [6, 6.07) is 0. The van der Waals surface area contributed by atoms with Gasteiger partial charge in [-0.05, 0) is 38.5 Å². The van der Waals surface area contributed by atoms with E-state index < -0.39 is 32.5 Å². The number of hydrogen-bond donors (Lipinski definition) is 0. The average Bonchev–Trinajstić information content (AvgIpc) is 3.02. The lowest BCUT2D eigenvalue weighted by atomic mass is 10.1. The van der Waals surface area contributed by atoms with Crippen LogP contribution in [0.2, 0.25) is 0 Å².